The second-order valence-corrected chi connectivity index (χ2v) is 8.30. The zero-order valence-electron chi connectivity index (χ0n) is 8.06. The van der Waals surface area contributed by atoms with Gasteiger partial charge in [0, 0.05) is 8.84 Å². The van der Waals surface area contributed by atoms with E-state index in [1.165, 1.54) is 19.3 Å². The lowest BCUT2D eigenvalue weighted by Gasteiger charge is -2.58. The Morgan fingerprint density at radius 1 is 1.21 bits per heavy atom. The van der Waals surface area contributed by atoms with Crippen molar-refractivity contribution in [2.45, 2.75) is 41.9 Å². The average Bonchev–Trinajstić information content (AvgIpc) is 1.98. The number of alkyl halides is 1. The van der Waals surface area contributed by atoms with Gasteiger partial charge in [0.2, 0.25) is 5.24 Å². The SMILES string of the molecule is O=C(Cl)C12CC3CC(CC(I)(C3)C1)C2. The first-order valence-electron chi connectivity index (χ1n) is 5.40. The second kappa shape index (κ2) is 2.88. The quantitative estimate of drug-likeness (QED) is 0.410. The number of rotatable bonds is 1. The van der Waals surface area contributed by atoms with Crippen molar-refractivity contribution in [1.29, 1.82) is 0 Å². The molecule has 0 spiro atoms. The molecule has 0 aromatic rings. The third kappa shape index (κ3) is 1.29. The number of carbonyl (C=O) groups is 1. The normalized spacial score (nSPS) is 55.0. The molecule has 4 rings (SSSR count). The van der Waals surface area contributed by atoms with E-state index in [9.17, 15) is 4.79 Å². The highest BCUT2D eigenvalue weighted by molar-refractivity contribution is 14.1. The molecule has 3 heteroatoms. The van der Waals surface area contributed by atoms with Gasteiger partial charge in [-0.15, -0.1) is 0 Å². The summed E-state index contributed by atoms with van der Waals surface area (Å²) in [6.45, 7) is 0. The summed E-state index contributed by atoms with van der Waals surface area (Å²) in [5.74, 6) is 1.58. The third-order valence-electron chi connectivity index (χ3n) is 4.41. The van der Waals surface area contributed by atoms with Gasteiger partial charge in [0.15, 0.2) is 0 Å². The zero-order valence-corrected chi connectivity index (χ0v) is 11.0. The van der Waals surface area contributed by atoms with Crippen LogP contribution in [0.4, 0.5) is 0 Å². The van der Waals surface area contributed by atoms with E-state index >= 15 is 0 Å². The Morgan fingerprint density at radius 3 is 2.21 bits per heavy atom. The molecule has 4 fully saturated rings. The Kier molecular flexibility index (Phi) is 2.03. The zero-order chi connectivity index (χ0) is 9.97. The summed E-state index contributed by atoms with van der Waals surface area (Å²) in [7, 11) is 0. The summed E-state index contributed by atoms with van der Waals surface area (Å²) in [5.41, 5.74) is -0.118. The van der Waals surface area contributed by atoms with Gasteiger partial charge in [-0.05, 0) is 62.0 Å². The van der Waals surface area contributed by atoms with Crippen LogP contribution in [0.2, 0.25) is 0 Å². The van der Waals surface area contributed by atoms with Crippen molar-refractivity contribution in [3.8, 4) is 0 Å². The minimum atomic E-state index is -0.118. The van der Waals surface area contributed by atoms with Gasteiger partial charge in [-0.25, -0.2) is 0 Å². The molecule has 14 heavy (non-hydrogen) atoms. The standard InChI is InChI=1S/C11H14ClIO/c12-9(14)10-2-7-1-8(3-10)5-11(13,4-7)6-10/h7-8H,1-6H2. The Hall–Kier alpha value is 0.690. The van der Waals surface area contributed by atoms with Crippen LogP contribution in [-0.4, -0.2) is 8.66 Å². The van der Waals surface area contributed by atoms with Gasteiger partial charge in [0.05, 0.1) is 0 Å². The lowest BCUT2D eigenvalue weighted by atomic mass is 9.50. The van der Waals surface area contributed by atoms with Crippen LogP contribution in [0.25, 0.3) is 0 Å². The van der Waals surface area contributed by atoms with Gasteiger partial charge >= 0.3 is 0 Å². The molecule has 0 aliphatic heterocycles. The van der Waals surface area contributed by atoms with Crippen LogP contribution >= 0.6 is 34.2 Å². The van der Waals surface area contributed by atoms with Crippen molar-refractivity contribution in [2.75, 3.05) is 0 Å². The molecule has 0 heterocycles. The predicted octanol–water partition coefficient (Wildman–Crippen LogP) is 3.53. The van der Waals surface area contributed by atoms with E-state index < -0.39 is 0 Å². The molecular formula is C11H14ClIO. The minimum Gasteiger partial charge on any atom is -0.281 e. The van der Waals surface area contributed by atoms with Crippen molar-refractivity contribution in [3.63, 3.8) is 0 Å². The van der Waals surface area contributed by atoms with Gasteiger partial charge in [0.1, 0.15) is 0 Å². The van der Waals surface area contributed by atoms with Gasteiger partial charge < -0.3 is 0 Å². The van der Waals surface area contributed by atoms with E-state index in [2.05, 4.69) is 22.6 Å². The van der Waals surface area contributed by atoms with Crippen LogP contribution in [0.1, 0.15) is 38.5 Å². The Balaban J connectivity index is 2.00. The van der Waals surface area contributed by atoms with Crippen LogP contribution in [0.5, 0.6) is 0 Å². The smallest absolute Gasteiger partial charge is 0.227 e. The first-order valence-corrected chi connectivity index (χ1v) is 6.86. The number of hydrogen-bond acceptors (Lipinski definition) is 1. The molecule has 0 aromatic heterocycles. The molecule has 0 N–H and O–H groups in total. The van der Waals surface area contributed by atoms with Crippen molar-refractivity contribution >= 4 is 39.4 Å². The lowest BCUT2D eigenvalue weighted by molar-refractivity contribution is -0.132. The average molecular weight is 325 g/mol. The summed E-state index contributed by atoms with van der Waals surface area (Å²) in [6, 6.07) is 0. The van der Waals surface area contributed by atoms with Crippen LogP contribution < -0.4 is 0 Å². The topological polar surface area (TPSA) is 17.1 Å². The predicted molar refractivity (Wildman–Crippen MR) is 64.7 cm³/mol. The van der Waals surface area contributed by atoms with E-state index in [1.54, 1.807) is 0 Å². The van der Waals surface area contributed by atoms with Gasteiger partial charge in [-0.2, -0.15) is 0 Å². The Morgan fingerprint density at radius 2 is 1.79 bits per heavy atom. The van der Waals surface area contributed by atoms with Gasteiger partial charge in [0.25, 0.3) is 0 Å². The van der Waals surface area contributed by atoms with Crippen molar-refractivity contribution < 1.29 is 4.79 Å². The Labute approximate surface area is 103 Å². The van der Waals surface area contributed by atoms with E-state index in [4.69, 9.17) is 11.6 Å². The molecule has 1 nitrogen and oxygen atoms in total. The first kappa shape index (κ1) is 9.88. The van der Waals surface area contributed by atoms with Crippen LogP contribution in [-0.2, 0) is 4.79 Å². The molecule has 4 aliphatic rings. The van der Waals surface area contributed by atoms with Crippen molar-refractivity contribution in [3.05, 3.63) is 0 Å². The summed E-state index contributed by atoms with van der Waals surface area (Å²) in [5, 5.41) is -0.0485. The molecular weight excluding hydrogens is 310 g/mol. The van der Waals surface area contributed by atoms with E-state index in [0.717, 1.165) is 31.1 Å². The Bertz CT molecular complexity index is 288. The highest BCUT2D eigenvalue weighted by Crippen LogP contribution is 2.65. The lowest BCUT2D eigenvalue weighted by Crippen LogP contribution is -2.54. The summed E-state index contributed by atoms with van der Waals surface area (Å²) < 4.78 is 0.409. The van der Waals surface area contributed by atoms with E-state index in [0.29, 0.717) is 3.42 Å². The van der Waals surface area contributed by atoms with Gasteiger partial charge in [-0.1, -0.05) is 22.6 Å². The molecule has 2 atom stereocenters. The molecule has 4 aliphatic carbocycles. The maximum atomic E-state index is 11.6. The minimum absolute atomic E-state index is 0.0485. The van der Waals surface area contributed by atoms with Gasteiger partial charge in [-0.3, -0.25) is 4.79 Å². The maximum absolute atomic E-state index is 11.6. The van der Waals surface area contributed by atoms with E-state index in [1.807, 2.05) is 0 Å². The molecule has 78 valence electrons. The summed E-state index contributed by atoms with van der Waals surface area (Å²) in [4.78, 5) is 11.6. The summed E-state index contributed by atoms with van der Waals surface area (Å²) >= 11 is 8.42. The fraction of sp³-hybridized carbons (Fsp3) is 0.909. The fourth-order valence-corrected chi connectivity index (χ4v) is 6.58. The molecule has 0 aromatic carbocycles. The molecule has 0 amide bonds. The number of hydrogen-bond donors (Lipinski definition) is 0. The number of carbonyl (C=O) groups excluding carboxylic acids is 1. The second-order valence-electron chi connectivity index (χ2n) is 5.67. The van der Waals surface area contributed by atoms with Crippen molar-refractivity contribution in [2.24, 2.45) is 17.3 Å². The molecule has 4 bridgehead atoms. The first-order chi connectivity index (χ1) is 6.51. The monoisotopic (exact) mass is 324 g/mol. The highest BCUT2D eigenvalue weighted by atomic mass is 127. The molecule has 0 radical (unpaired) electrons. The molecule has 2 unspecified atom stereocenters. The van der Waals surface area contributed by atoms with Crippen LogP contribution in [0.15, 0.2) is 0 Å². The number of halogens is 2. The molecule has 4 saturated carbocycles. The fourth-order valence-electron chi connectivity index (χ4n) is 4.38. The molecule has 0 saturated heterocycles. The largest absolute Gasteiger partial charge is 0.281 e. The third-order valence-corrected chi connectivity index (χ3v) is 6.07. The van der Waals surface area contributed by atoms with Crippen LogP contribution in [0.3, 0.4) is 0 Å². The summed E-state index contributed by atoms with van der Waals surface area (Å²) in [6.07, 6.45) is 7.23. The maximum Gasteiger partial charge on any atom is 0.227 e. The van der Waals surface area contributed by atoms with Crippen LogP contribution in [0, 0.1) is 17.3 Å². The van der Waals surface area contributed by atoms with E-state index in [-0.39, 0.29) is 10.7 Å². The van der Waals surface area contributed by atoms with Crippen molar-refractivity contribution in [1.82, 2.24) is 0 Å². The highest BCUT2D eigenvalue weighted by Gasteiger charge is 2.59.